The van der Waals surface area contributed by atoms with E-state index in [-0.39, 0.29) is 17.1 Å². The van der Waals surface area contributed by atoms with Gasteiger partial charge in [0.1, 0.15) is 0 Å². The van der Waals surface area contributed by atoms with Crippen molar-refractivity contribution in [3.8, 4) is 0 Å². The number of sulfonamides is 1. The zero-order chi connectivity index (χ0) is 15.3. The second-order valence-electron chi connectivity index (χ2n) is 4.30. The quantitative estimate of drug-likeness (QED) is 0.469. The van der Waals surface area contributed by atoms with Gasteiger partial charge in [-0.15, -0.1) is 0 Å². The fraction of sp³-hybridized carbons (Fsp3) is 0.250. The Balaban J connectivity index is 1.90. The van der Waals surface area contributed by atoms with Crippen molar-refractivity contribution in [3.63, 3.8) is 0 Å². The highest BCUT2D eigenvalue weighted by Gasteiger charge is 2.14. The average molecular weight is 310 g/mol. The van der Waals surface area contributed by atoms with E-state index in [1.165, 1.54) is 24.3 Å². The van der Waals surface area contributed by atoms with Crippen LogP contribution in [-0.4, -0.2) is 29.4 Å². The summed E-state index contributed by atoms with van der Waals surface area (Å²) in [7, 11) is -3.64. The first-order valence-corrected chi connectivity index (χ1v) is 7.67. The Morgan fingerprint density at radius 1 is 1.29 bits per heavy atom. The molecule has 2 rings (SSSR count). The molecule has 1 aromatic heterocycles. The molecule has 0 amide bonds. The molecule has 0 fully saturated rings. The van der Waals surface area contributed by atoms with E-state index in [4.69, 9.17) is 0 Å². The second kappa shape index (κ2) is 6.46. The van der Waals surface area contributed by atoms with Crippen LogP contribution < -0.4 is 4.72 Å². The molecular weight excluding hydrogens is 296 g/mol. The van der Waals surface area contributed by atoms with Gasteiger partial charge < -0.3 is 4.57 Å². The van der Waals surface area contributed by atoms with Crippen LogP contribution in [0.4, 0.5) is 5.69 Å². The molecule has 0 bridgehead atoms. The van der Waals surface area contributed by atoms with Crippen LogP contribution in [0.25, 0.3) is 0 Å². The lowest BCUT2D eigenvalue weighted by atomic mass is 10.3. The van der Waals surface area contributed by atoms with E-state index in [9.17, 15) is 18.5 Å². The normalized spacial score (nSPS) is 11.4. The maximum absolute atomic E-state index is 12.0. The van der Waals surface area contributed by atoms with Gasteiger partial charge in [-0.2, -0.15) is 0 Å². The highest BCUT2D eigenvalue weighted by atomic mass is 32.2. The third kappa shape index (κ3) is 4.10. The third-order valence-corrected chi connectivity index (χ3v) is 4.28. The number of benzene rings is 1. The van der Waals surface area contributed by atoms with E-state index in [1.807, 2.05) is 4.57 Å². The minimum absolute atomic E-state index is 0.00994. The van der Waals surface area contributed by atoms with Crippen LogP contribution in [0.5, 0.6) is 0 Å². The summed E-state index contributed by atoms with van der Waals surface area (Å²) in [5, 5.41) is 10.5. The lowest BCUT2D eigenvalue weighted by Gasteiger charge is -2.07. The van der Waals surface area contributed by atoms with E-state index >= 15 is 0 Å². The van der Waals surface area contributed by atoms with Crippen molar-refractivity contribution in [1.82, 2.24) is 14.3 Å². The van der Waals surface area contributed by atoms with Crippen LogP contribution in [0.15, 0.2) is 47.9 Å². The van der Waals surface area contributed by atoms with Crippen LogP contribution in [0.3, 0.4) is 0 Å². The van der Waals surface area contributed by atoms with Crippen LogP contribution in [-0.2, 0) is 16.6 Å². The van der Waals surface area contributed by atoms with Crippen LogP contribution in [0.2, 0.25) is 0 Å². The van der Waals surface area contributed by atoms with Gasteiger partial charge >= 0.3 is 0 Å². The predicted octanol–water partition coefficient (Wildman–Crippen LogP) is 1.16. The Bertz CT molecular complexity index is 695. The molecule has 1 aromatic carbocycles. The second-order valence-corrected chi connectivity index (χ2v) is 6.07. The summed E-state index contributed by atoms with van der Waals surface area (Å²) in [6, 6.07) is 4.77. The molecule has 0 atom stereocenters. The van der Waals surface area contributed by atoms with E-state index in [1.54, 1.807) is 18.7 Å². The van der Waals surface area contributed by atoms with Gasteiger partial charge in [0.25, 0.3) is 5.69 Å². The summed E-state index contributed by atoms with van der Waals surface area (Å²) >= 11 is 0. The summed E-state index contributed by atoms with van der Waals surface area (Å²) in [6.45, 7) is 0.931. The first kappa shape index (κ1) is 15.1. The van der Waals surface area contributed by atoms with Crippen molar-refractivity contribution in [1.29, 1.82) is 0 Å². The molecule has 21 heavy (non-hydrogen) atoms. The molecule has 9 heteroatoms. The number of rotatable bonds is 7. The van der Waals surface area contributed by atoms with E-state index in [2.05, 4.69) is 9.71 Å². The molecule has 0 saturated heterocycles. The number of non-ortho nitro benzene ring substituents is 1. The van der Waals surface area contributed by atoms with Crippen molar-refractivity contribution in [2.45, 2.75) is 17.9 Å². The zero-order valence-corrected chi connectivity index (χ0v) is 11.9. The predicted molar refractivity (Wildman–Crippen MR) is 75.1 cm³/mol. The van der Waals surface area contributed by atoms with Crippen molar-refractivity contribution in [3.05, 3.63) is 53.1 Å². The Kier molecular flexibility index (Phi) is 4.66. The topological polar surface area (TPSA) is 107 Å². The molecule has 0 radical (unpaired) electrons. The minimum atomic E-state index is -3.64. The van der Waals surface area contributed by atoms with Gasteiger partial charge in [-0.05, 0) is 18.6 Å². The van der Waals surface area contributed by atoms with Gasteiger partial charge in [-0.25, -0.2) is 18.1 Å². The molecule has 0 unspecified atom stereocenters. The summed E-state index contributed by atoms with van der Waals surface area (Å²) in [5.74, 6) is 0. The minimum Gasteiger partial charge on any atom is -0.337 e. The average Bonchev–Trinajstić information content (AvgIpc) is 2.97. The highest BCUT2D eigenvalue weighted by molar-refractivity contribution is 7.89. The first-order valence-electron chi connectivity index (χ1n) is 6.19. The number of imidazole rings is 1. The molecular formula is C12H14N4O4S. The highest BCUT2D eigenvalue weighted by Crippen LogP contribution is 2.15. The number of hydrogen-bond acceptors (Lipinski definition) is 5. The SMILES string of the molecule is O=[N+]([O-])c1ccc(S(=O)(=O)NCCCn2ccnc2)cc1. The molecule has 1 heterocycles. The van der Waals surface area contributed by atoms with Crippen LogP contribution in [0, 0.1) is 10.1 Å². The van der Waals surface area contributed by atoms with Crippen molar-refractivity contribution in [2.75, 3.05) is 6.54 Å². The Labute approximate surface area is 121 Å². The molecule has 0 aliphatic rings. The van der Waals surface area contributed by atoms with Crippen molar-refractivity contribution >= 4 is 15.7 Å². The standard InChI is InChI=1S/C12H14N4O4S/c17-16(18)11-2-4-12(5-3-11)21(19,20)14-6-1-8-15-9-7-13-10-15/h2-5,7,9-10,14H,1,6,8H2. The molecule has 0 aliphatic carbocycles. The van der Waals surface area contributed by atoms with Gasteiger partial charge in [0.15, 0.2) is 0 Å². The number of aromatic nitrogens is 2. The van der Waals surface area contributed by atoms with Crippen LogP contribution >= 0.6 is 0 Å². The largest absolute Gasteiger partial charge is 0.337 e. The monoisotopic (exact) mass is 310 g/mol. The lowest BCUT2D eigenvalue weighted by molar-refractivity contribution is -0.384. The number of nitro groups is 1. The number of nitro benzene ring substituents is 1. The fourth-order valence-electron chi connectivity index (χ4n) is 1.72. The van der Waals surface area contributed by atoms with Gasteiger partial charge in [-0.1, -0.05) is 0 Å². The maximum atomic E-state index is 12.0. The van der Waals surface area contributed by atoms with Gasteiger partial charge in [0, 0.05) is 37.6 Å². The molecule has 2 aromatic rings. The molecule has 8 nitrogen and oxygen atoms in total. The Morgan fingerprint density at radius 3 is 2.57 bits per heavy atom. The van der Waals surface area contributed by atoms with Crippen molar-refractivity contribution < 1.29 is 13.3 Å². The molecule has 112 valence electrons. The zero-order valence-electron chi connectivity index (χ0n) is 11.0. The third-order valence-electron chi connectivity index (χ3n) is 2.80. The summed E-state index contributed by atoms with van der Waals surface area (Å²) in [4.78, 5) is 13.8. The number of hydrogen-bond donors (Lipinski definition) is 1. The first-order chi connectivity index (χ1) is 9.99. The number of aryl methyl sites for hydroxylation is 1. The molecule has 0 saturated carbocycles. The summed E-state index contributed by atoms with van der Waals surface area (Å²) in [5.41, 5.74) is -0.144. The fourth-order valence-corrected chi connectivity index (χ4v) is 2.79. The van der Waals surface area contributed by atoms with Gasteiger partial charge in [0.2, 0.25) is 10.0 Å². The van der Waals surface area contributed by atoms with E-state index in [0.29, 0.717) is 13.0 Å². The van der Waals surface area contributed by atoms with Gasteiger partial charge in [0.05, 0.1) is 16.1 Å². The van der Waals surface area contributed by atoms with Crippen LogP contribution in [0.1, 0.15) is 6.42 Å². The Morgan fingerprint density at radius 2 is 2.00 bits per heavy atom. The molecule has 0 aliphatic heterocycles. The van der Waals surface area contributed by atoms with Gasteiger partial charge in [-0.3, -0.25) is 10.1 Å². The Hall–Kier alpha value is -2.26. The number of nitrogens with one attached hydrogen (secondary N) is 1. The molecule has 0 spiro atoms. The summed E-state index contributed by atoms with van der Waals surface area (Å²) in [6.07, 6.45) is 5.72. The lowest BCUT2D eigenvalue weighted by Crippen LogP contribution is -2.25. The molecule has 1 N–H and O–H groups in total. The van der Waals surface area contributed by atoms with Crippen molar-refractivity contribution in [2.24, 2.45) is 0 Å². The maximum Gasteiger partial charge on any atom is 0.269 e. The number of nitrogens with zero attached hydrogens (tertiary/aromatic N) is 3. The smallest absolute Gasteiger partial charge is 0.269 e. The summed E-state index contributed by atoms with van der Waals surface area (Å²) < 4.78 is 28.3. The van der Waals surface area contributed by atoms with E-state index in [0.717, 1.165) is 0 Å². The van der Waals surface area contributed by atoms with E-state index < -0.39 is 14.9 Å².